The Bertz CT molecular complexity index is 359. The van der Waals surface area contributed by atoms with Crippen molar-refractivity contribution in [2.75, 3.05) is 0 Å². The lowest BCUT2D eigenvalue weighted by Crippen LogP contribution is -2.25. The van der Waals surface area contributed by atoms with Crippen LogP contribution in [0.3, 0.4) is 0 Å². The monoisotopic (exact) mass is 294 g/mol. The van der Waals surface area contributed by atoms with Gasteiger partial charge >= 0.3 is 0 Å². The molecule has 0 aliphatic carbocycles. The van der Waals surface area contributed by atoms with Crippen molar-refractivity contribution in [1.29, 1.82) is 0 Å². The molecule has 1 atom stereocenters. The van der Waals surface area contributed by atoms with Crippen LogP contribution in [-0.2, 0) is 13.0 Å². The molecule has 0 aliphatic heterocycles. The summed E-state index contributed by atoms with van der Waals surface area (Å²) in [6, 6.07) is 0.218. The van der Waals surface area contributed by atoms with Gasteiger partial charge in [-0.3, -0.25) is 0 Å². The first-order chi connectivity index (χ1) is 10.1. The molecule has 1 unspecified atom stereocenters. The van der Waals surface area contributed by atoms with E-state index in [9.17, 15) is 0 Å². The average molecular weight is 294 g/mol. The minimum absolute atomic E-state index is 0.218. The number of hydrogen-bond acceptors (Lipinski definition) is 3. The van der Waals surface area contributed by atoms with Gasteiger partial charge in [-0.25, -0.2) is 9.67 Å². The number of aromatic nitrogens is 3. The summed E-state index contributed by atoms with van der Waals surface area (Å²) in [6.07, 6.45) is 13.0. The lowest BCUT2D eigenvalue weighted by molar-refractivity contribution is 0.450. The van der Waals surface area contributed by atoms with E-state index in [2.05, 4.69) is 30.9 Å². The lowest BCUT2D eigenvalue weighted by atomic mass is 10.0. The van der Waals surface area contributed by atoms with Crippen LogP contribution in [0.2, 0.25) is 0 Å². The average Bonchev–Trinajstić information content (AvgIpc) is 2.84. The first-order valence-electron chi connectivity index (χ1n) is 8.75. The van der Waals surface area contributed by atoms with E-state index in [-0.39, 0.29) is 6.04 Å². The van der Waals surface area contributed by atoms with Crippen LogP contribution in [0.25, 0.3) is 0 Å². The summed E-state index contributed by atoms with van der Waals surface area (Å²) < 4.78 is 2.01. The van der Waals surface area contributed by atoms with Crippen LogP contribution in [-0.4, -0.2) is 20.8 Å². The maximum atomic E-state index is 6.25. The van der Waals surface area contributed by atoms with Crippen molar-refractivity contribution < 1.29 is 0 Å². The van der Waals surface area contributed by atoms with Crippen molar-refractivity contribution >= 4 is 0 Å². The molecule has 4 heteroatoms. The fourth-order valence-electron chi connectivity index (χ4n) is 2.64. The van der Waals surface area contributed by atoms with Gasteiger partial charge in [0, 0.05) is 19.0 Å². The first-order valence-corrected chi connectivity index (χ1v) is 8.75. The quantitative estimate of drug-likeness (QED) is 0.594. The van der Waals surface area contributed by atoms with Gasteiger partial charge in [-0.05, 0) is 12.3 Å². The molecule has 0 saturated heterocycles. The molecule has 0 fully saturated rings. The molecule has 0 aliphatic rings. The molecule has 0 saturated carbocycles. The third-order valence-corrected chi connectivity index (χ3v) is 3.86. The molecule has 21 heavy (non-hydrogen) atoms. The van der Waals surface area contributed by atoms with Gasteiger partial charge < -0.3 is 5.73 Å². The number of nitrogens with two attached hydrogens (primary N) is 1. The number of hydrogen-bond donors (Lipinski definition) is 1. The normalized spacial score (nSPS) is 13.0. The Hall–Kier alpha value is -0.900. The Labute approximate surface area is 130 Å². The van der Waals surface area contributed by atoms with Crippen LogP contribution >= 0.6 is 0 Å². The molecular formula is C17H34N4. The van der Waals surface area contributed by atoms with E-state index >= 15 is 0 Å². The summed E-state index contributed by atoms with van der Waals surface area (Å²) in [7, 11) is 0. The summed E-state index contributed by atoms with van der Waals surface area (Å²) >= 11 is 0. The molecule has 4 nitrogen and oxygen atoms in total. The summed E-state index contributed by atoms with van der Waals surface area (Å²) in [5.74, 6) is 1.63. The topological polar surface area (TPSA) is 56.7 Å². The van der Waals surface area contributed by atoms with Gasteiger partial charge in [0.05, 0.1) is 0 Å². The predicted molar refractivity (Wildman–Crippen MR) is 89.1 cm³/mol. The van der Waals surface area contributed by atoms with E-state index in [0.29, 0.717) is 5.92 Å². The largest absolute Gasteiger partial charge is 0.327 e. The summed E-state index contributed by atoms with van der Waals surface area (Å²) in [4.78, 5) is 4.36. The van der Waals surface area contributed by atoms with Crippen LogP contribution in [0.4, 0.5) is 0 Å². The van der Waals surface area contributed by atoms with Crippen LogP contribution < -0.4 is 5.73 Å². The van der Waals surface area contributed by atoms with Gasteiger partial charge in [0.15, 0.2) is 0 Å². The molecule has 0 bridgehead atoms. The zero-order chi connectivity index (χ0) is 15.5. The van der Waals surface area contributed by atoms with E-state index in [1.165, 1.54) is 44.9 Å². The van der Waals surface area contributed by atoms with Gasteiger partial charge in [-0.2, -0.15) is 5.10 Å². The number of nitrogens with zero attached hydrogens (tertiary/aromatic N) is 3. The Morgan fingerprint density at radius 2 is 1.76 bits per heavy atom. The van der Waals surface area contributed by atoms with Crippen molar-refractivity contribution in [3.63, 3.8) is 0 Å². The van der Waals surface area contributed by atoms with Crippen LogP contribution in [0, 0.1) is 5.92 Å². The Morgan fingerprint density at radius 3 is 2.43 bits per heavy atom. The lowest BCUT2D eigenvalue weighted by Gasteiger charge is -2.13. The molecule has 1 aromatic heterocycles. The highest BCUT2D eigenvalue weighted by molar-refractivity contribution is 4.89. The summed E-state index contributed by atoms with van der Waals surface area (Å²) in [5, 5.41) is 4.30. The predicted octanol–water partition coefficient (Wildman–Crippen LogP) is 3.94. The highest BCUT2D eigenvalue weighted by Gasteiger charge is 2.11. The SMILES string of the molecule is CCCCCCCCCC(N)Cc1ncnn1CC(C)C. The Kier molecular flexibility index (Phi) is 9.31. The first kappa shape index (κ1) is 18.1. The Morgan fingerprint density at radius 1 is 1.10 bits per heavy atom. The van der Waals surface area contributed by atoms with E-state index in [4.69, 9.17) is 5.73 Å². The van der Waals surface area contributed by atoms with Gasteiger partial charge in [0.2, 0.25) is 0 Å². The zero-order valence-electron chi connectivity index (χ0n) is 14.2. The smallest absolute Gasteiger partial charge is 0.138 e. The van der Waals surface area contributed by atoms with Crippen LogP contribution in [0.5, 0.6) is 0 Å². The maximum absolute atomic E-state index is 6.25. The van der Waals surface area contributed by atoms with Crippen molar-refractivity contribution in [3.05, 3.63) is 12.2 Å². The zero-order valence-corrected chi connectivity index (χ0v) is 14.2. The van der Waals surface area contributed by atoms with Crippen molar-refractivity contribution in [3.8, 4) is 0 Å². The maximum Gasteiger partial charge on any atom is 0.138 e. The Balaban J connectivity index is 2.16. The molecule has 0 amide bonds. The third-order valence-electron chi connectivity index (χ3n) is 3.86. The summed E-state index contributed by atoms with van der Waals surface area (Å²) in [5.41, 5.74) is 6.25. The molecule has 0 radical (unpaired) electrons. The highest BCUT2D eigenvalue weighted by Crippen LogP contribution is 2.11. The molecule has 1 rings (SSSR count). The van der Waals surface area contributed by atoms with E-state index < -0.39 is 0 Å². The van der Waals surface area contributed by atoms with Crippen LogP contribution in [0.15, 0.2) is 6.33 Å². The third kappa shape index (κ3) is 8.20. The van der Waals surface area contributed by atoms with Gasteiger partial charge in [0.25, 0.3) is 0 Å². The van der Waals surface area contributed by atoms with E-state index in [1.54, 1.807) is 6.33 Å². The minimum atomic E-state index is 0.218. The molecule has 1 heterocycles. The molecular weight excluding hydrogens is 260 g/mol. The van der Waals surface area contributed by atoms with E-state index in [1.807, 2.05) is 4.68 Å². The van der Waals surface area contributed by atoms with Crippen molar-refractivity contribution in [2.45, 2.75) is 91.1 Å². The van der Waals surface area contributed by atoms with Gasteiger partial charge in [-0.15, -0.1) is 0 Å². The minimum Gasteiger partial charge on any atom is -0.327 e. The molecule has 1 aromatic rings. The van der Waals surface area contributed by atoms with Crippen molar-refractivity contribution in [1.82, 2.24) is 14.8 Å². The van der Waals surface area contributed by atoms with Crippen LogP contribution in [0.1, 0.15) is 78.0 Å². The fraction of sp³-hybridized carbons (Fsp3) is 0.882. The highest BCUT2D eigenvalue weighted by atomic mass is 15.3. The molecule has 0 spiro atoms. The number of rotatable bonds is 12. The van der Waals surface area contributed by atoms with Gasteiger partial charge in [-0.1, -0.05) is 65.7 Å². The van der Waals surface area contributed by atoms with Crippen molar-refractivity contribution in [2.24, 2.45) is 11.7 Å². The standard InChI is InChI=1S/C17H34N4/c1-4-5-6-7-8-9-10-11-16(18)12-17-19-14-20-21(17)13-15(2)3/h14-16H,4-13,18H2,1-3H3. The molecule has 2 N–H and O–H groups in total. The summed E-state index contributed by atoms with van der Waals surface area (Å²) in [6.45, 7) is 7.59. The second-order valence-electron chi connectivity index (χ2n) is 6.63. The molecule has 0 aromatic carbocycles. The van der Waals surface area contributed by atoms with E-state index in [0.717, 1.165) is 25.2 Å². The van der Waals surface area contributed by atoms with Gasteiger partial charge in [0.1, 0.15) is 12.2 Å². The fourth-order valence-corrected chi connectivity index (χ4v) is 2.64. The second-order valence-corrected chi connectivity index (χ2v) is 6.63. The number of unbranched alkanes of at least 4 members (excludes halogenated alkanes) is 6. The molecule has 122 valence electrons. The second kappa shape index (κ2) is 10.8.